The van der Waals surface area contributed by atoms with Crippen LogP contribution in [0.4, 0.5) is 10.1 Å². The molecule has 4 nitrogen and oxygen atoms in total. The first-order chi connectivity index (χ1) is 9.36. The lowest BCUT2D eigenvalue weighted by Gasteiger charge is -2.18. The Morgan fingerprint density at radius 1 is 1.35 bits per heavy atom. The van der Waals surface area contributed by atoms with Gasteiger partial charge in [0, 0.05) is 13.1 Å². The second kappa shape index (κ2) is 5.46. The third-order valence-corrected chi connectivity index (χ3v) is 5.02. The number of nitrogens with zero attached hydrogens (tertiary/aromatic N) is 1. The number of hydrogen-bond acceptors (Lipinski definition) is 3. The summed E-state index contributed by atoms with van der Waals surface area (Å²) in [5.74, 6) is 0.203. The fourth-order valence-electron chi connectivity index (χ4n) is 1.80. The van der Waals surface area contributed by atoms with E-state index in [9.17, 15) is 12.8 Å². The zero-order valence-corrected chi connectivity index (χ0v) is 12.5. The van der Waals surface area contributed by atoms with Gasteiger partial charge in [-0.05, 0) is 25.1 Å². The van der Waals surface area contributed by atoms with E-state index in [1.165, 1.54) is 31.3 Å². The maximum atomic E-state index is 13.2. The third kappa shape index (κ3) is 2.66. The van der Waals surface area contributed by atoms with Crippen LogP contribution in [0.2, 0.25) is 0 Å². The minimum atomic E-state index is -3.81. The molecule has 0 fully saturated rings. The number of halogens is 2. The predicted octanol–water partition coefficient (Wildman–Crippen LogP) is 3.29. The number of furan rings is 1. The number of benzene rings is 1. The lowest BCUT2D eigenvalue weighted by molar-refractivity contribution is 0.492. The summed E-state index contributed by atoms with van der Waals surface area (Å²) in [6.07, 6.45) is 0. The summed E-state index contributed by atoms with van der Waals surface area (Å²) >= 11 is 5.63. The quantitative estimate of drug-likeness (QED) is 0.813. The van der Waals surface area contributed by atoms with Gasteiger partial charge in [-0.15, -0.1) is 11.6 Å². The Morgan fingerprint density at radius 3 is 2.60 bits per heavy atom. The van der Waals surface area contributed by atoms with Crippen LogP contribution in [0.25, 0.3) is 0 Å². The van der Waals surface area contributed by atoms with Crippen molar-refractivity contribution in [1.29, 1.82) is 0 Å². The molecule has 0 atom stereocenters. The van der Waals surface area contributed by atoms with E-state index in [0.717, 1.165) is 10.4 Å². The number of rotatable bonds is 4. The molecule has 0 spiro atoms. The van der Waals surface area contributed by atoms with Gasteiger partial charge >= 0.3 is 0 Å². The molecular formula is C13H13ClFNO3S. The second-order valence-corrected chi connectivity index (χ2v) is 6.42. The Kier molecular flexibility index (Phi) is 4.06. The molecule has 7 heteroatoms. The summed E-state index contributed by atoms with van der Waals surface area (Å²) in [6, 6.07) is 6.74. The summed E-state index contributed by atoms with van der Waals surface area (Å²) in [5, 5.41) is 0. The van der Waals surface area contributed by atoms with Crippen molar-refractivity contribution in [3.8, 4) is 0 Å². The Bertz CT molecular complexity index is 727. The van der Waals surface area contributed by atoms with Crippen molar-refractivity contribution in [3.63, 3.8) is 0 Å². The van der Waals surface area contributed by atoms with Crippen LogP contribution in [-0.2, 0) is 15.9 Å². The first-order valence-electron chi connectivity index (χ1n) is 5.76. The molecular weight excluding hydrogens is 305 g/mol. The zero-order valence-electron chi connectivity index (χ0n) is 10.9. The average molecular weight is 318 g/mol. The van der Waals surface area contributed by atoms with Gasteiger partial charge in [-0.25, -0.2) is 12.8 Å². The lowest BCUT2D eigenvalue weighted by Crippen LogP contribution is -2.26. The molecule has 1 aromatic heterocycles. The SMILES string of the molecule is Cc1oc(CCl)cc1S(=O)(=O)N(C)c1cccc(F)c1. The van der Waals surface area contributed by atoms with Crippen molar-refractivity contribution in [2.75, 3.05) is 11.4 Å². The van der Waals surface area contributed by atoms with Gasteiger partial charge in [-0.3, -0.25) is 4.31 Å². The highest BCUT2D eigenvalue weighted by molar-refractivity contribution is 7.92. The molecule has 0 saturated heterocycles. The van der Waals surface area contributed by atoms with E-state index in [-0.39, 0.29) is 22.2 Å². The maximum Gasteiger partial charge on any atom is 0.267 e. The molecule has 0 saturated carbocycles. The van der Waals surface area contributed by atoms with Crippen LogP contribution in [-0.4, -0.2) is 15.5 Å². The maximum absolute atomic E-state index is 13.2. The van der Waals surface area contributed by atoms with Crippen LogP contribution in [0.15, 0.2) is 39.6 Å². The molecule has 2 aromatic rings. The van der Waals surface area contributed by atoms with Crippen LogP contribution in [0.3, 0.4) is 0 Å². The van der Waals surface area contributed by atoms with Gasteiger partial charge in [0.15, 0.2) is 0 Å². The average Bonchev–Trinajstić information content (AvgIpc) is 2.80. The summed E-state index contributed by atoms with van der Waals surface area (Å²) < 4.78 is 44.4. The fraction of sp³-hybridized carbons (Fsp3) is 0.231. The van der Waals surface area contributed by atoms with Gasteiger partial charge in [-0.1, -0.05) is 6.07 Å². The lowest BCUT2D eigenvalue weighted by atomic mass is 10.3. The van der Waals surface area contributed by atoms with E-state index >= 15 is 0 Å². The number of hydrogen-bond donors (Lipinski definition) is 0. The van der Waals surface area contributed by atoms with Crippen molar-refractivity contribution in [1.82, 2.24) is 0 Å². The van der Waals surface area contributed by atoms with Crippen LogP contribution in [0.1, 0.15) is 11.5 Å². The molecule has 0 aliphatic heterocycles. The summed E-state index contributed by atoms with van der Waals surface area (Å²) in [7, 11) is -2.46. The number of alkyl halides is 1. The number of aryl methyl sites for hydroxylation is 1. The van der Waals surface area contributed by atoms with Gasteiger partial charge in [0.2, 0.25) is 0 Å². The minimum absolute atomic E-state index is 0.0277. The molecule has 0 aliphatic carbocycles. The largest absolute Gasteiger partial charge is 0.464 e. The topological polar surface area (TPSA) is 50.5 Å². The standard InChI is InChI=1S/C13H13ClFNO3S/c1-9-13(7-12(8-14)19-9)20(17,18)16(2)11-5-3-4-10(15)6-11/h3-7H,8H2,1-2H3. The molecule has 0 radical (unpaired) electrons. The second-order valence-electron chi connectivity index (χ2n) is 4.22. The van der Waals surface area contributed by atoms with Crippen LogP contribution in [0.5, 0.6) is 0 Å². The molecule has 108 valence electrons. The highest BCUT2D eigenvalue weighted by Crippen LogP contribution is 2.27. The number of anilines is 1. The Balaban J connectivity index is 2.46. The van der Waals surface area contributed by atoms with E-state index in [1.54, 1.807) is 6.92 Å². The van der Waals surface area contributed by atoms with E-state index in [0.29, 0.717) is 5.76 Å². The van der Waals surface area contributed by atoms with Crippen molar-refractivity contribution in [2.24, 2.45) is 0 Å². The van der Waals surface area contributed by atoms with Crippen LogP contribution < -0.4 is 4.31 Å². The molecule has 0 N–H and O–H groups in total. The van der Waals surface area contributed by atoms with Crippen molar-refractivity contribution in [3.05, 3.63) is 47.7 Å². The van der Waals surface area contributed by atoms with Crippen LogP contribution in [0, 0.1) is 12.7 Å². The van der Waals surface area contributed by atoms with E-state index in [4.69, 9.17) is 16.0 Å². The molecule has 1 heterocycles. The first-order valence-corrected chi connectivity index (χ1v) is 7.73. The zero-order chi connectivity index (χ0) is 14.9. The smallest absolute Gasteiger partial charge is 0.267 e. The highest BCUT2D eigenvalue weighted by Gasteiger charge is 2.26. The molecule has 0 aliphatic rings. The van der Waals surface area contributed by atoms with E-state index < -0.39 is 15.8 Å². The van der Waals surface area contributed by atoms with E-state index in [1.807, 2.05) is 0 Å². The Morgan fingerprint density at radius 2 is 2.05 bits per heavy atom. The molecule has 0 amide bonds. The van der Waals surface area contributed by atoms with Gasteiger partial charge in [-0.2, -0.15) is 0 Å². The predicted molar refractivity (Wildman–Crippen MR) is 75.0 cm³/mol. The van der Waals surface area contributed by atoms with Gasteiger partial charge in [0.25, 0.3) is 10.0 Å². The summed E-state index contributed by atoms with van der Waals surface area (Å²) in [5.41, 5.74) is 0.234. The summed E-state index contributed by atoms with van der Waals surface area (Å²) in [4.78, 5) is 0.0277. The molecule has 20 heavy (non-hydrogen) atoms. The van der Waals surface area contributed by atoms with Crippen molar-refractivity contribution < 1.29 is 17.2 Å². The van der Waals surface area contributed by atoms with Gasteiger partial charge in [0.1, 0.15) is 22.2 Å². The van der Waals surface area contributed by atoms with E-state index in [2.05, 4.69) is 0 Å². The molecule has 1 aromatic carbocycles. The normalized spacial score (nSPS) is 11.6. The molecule has 0 unspecified atom stereocenters. The van der Waals surface area contributed by atoms with Crippen molar-refractivity contribution in [2.45, 2.75) is 17.7 Å². The fourth-order valence-corrected chi connectivity index (χ4v) is 3.31. The monoisotopic (exact) mass is 317 g/mol. The minimum Gasteiger partial charge on any atom is -0.464 e. The van der Waals surface area contributed by atoms with Crippen molar-refractivity contribution >= 4 is 27.3 Å². The molecule has 0 bridgehead atoms. The Hall–Kier alpha value is -1.53. The van der Waals surface area contributed by atoms with Crippen LogP contribution >= 0.6 is 11.6 Å². The highest BCUT2D eigenvalue weighted by atomic mass is 35.5. The first kappa shape index (κ1) is 14.9. The van der Waals surface area contributed by atoms with Gasteiger partial charge < -0.3 is 4.42 Å². The number of sulfonamides is 1. The van der Waals surface area contributed by atoms with Gasteiger partial charge in [0.05, 0.1) is 11.6 Å². The third-order valence-electron chi connectivity index (χ3n) is 2.87. The Labute approximate surface area is 121 Å². The summed E-state index contributed by atoms with van der Waals surface area (Å²) in [6.45, 7) is 1.54. The molecule has 2 rings (SSSR count).